The number of hydrogen-bond acceptors (Lipinski definition) is 5. The van der Waals surface area contributed by atoms with Gasteiger partial charge < -0.3 is 10.4 Å². The monoisotopic (exact) mass is 300 g/mol. The molecule has 0 spiro atoms. The highest BCUT2D eigenvalue weighted by atomic mass is 16.6. The fourth-order valence-electron chi connectivity index (χ4n) is 1.89. The quantitative estimate of drug-likeness (QED) is 0.512. The number of carbonyl (C=O) groups is 2. The van der Waals surface area contributed by atoms with Crippen LogP contribution in [0.3, 0.4) is 0 Å². The fourth-order valence-corrected chi connectivity index (χ4v) is 1.89. The van der Waals surface area contributed by atoms with Gasteiger partial charge in [-0.2, -0.15) is 0 Å². The van der Waals surface area contributed by atoms with E-state index in [0.29, 0.717) is 5.69 Å². The van der Waals surface area contributed by atoms with Crippen molar-refractivity contribution in [2.24, 2.45) is 0 Å². The zero-order valence-electron chi connectivity index (χ0n) is 11.6. The van der Waals surface area contributed by atoms with E-state index in [1.54, 1.807) is 0 Å². The number of anilines is 1. The Morgan fingerprint density at radius 2 is 1.77 bits per heavy atom. The average Bonchev–Trinajstić information content (AvgIpc) is 2.46. The number of phenols is 1. The summed E-state index contributed by atoms with van der Waals surface area (Å²) in [6, 6.07) is 9.21. The summed E-state index contributed by atoms with van der Waals surface area (Å²) >= 11 is 0. The average molecular weight is 300 g/mol. The maximum absolute atomic E-state index is 12.3. The van der Waals surface area contributed by atoms with Gasteiger partial charge in [0, 0.05) is 36.4 Å². The lowest BCUT2D eigenvalue weighted by molar-refractivity contribution is -0.384. The standard InChI is InChI=1S/C15H12N2O5/c1-9(18)16-11-4-7-13(14(19)8-11)15(20)10-2-5-12(6-3-10)17(21)22/h2-8,19H,1H3,(H,16,18). The van der Waals surface area contributed by atoms with Gasteiger partial charge in [0.05, 0.1) is 10.5 Å². The number of hydrogen-bond donors (Lipinski definition) is 2. The number of rotatable bonds is 4. The van der Waals surface area contributed by atoms with Crippen LogP contribution >= 0.6 is 0 Å². The second-order valence-corrected chi connectivity index (χ2v) is 4.55. The Morgan fingerprint density at radius 3 is 2.27 bits per heavy atom. The summed E-state index contributed by atoms with van der Waals surface area (Å²) in [7, 11) is 0. The van der Waals surface area contributed by atoms with Gasteiger partial charge in [-0.15, -0.1) is 0 Å². The summed E-state index contributed by atoms with van der Waals surface area (Å²) in [6.45, 7) is 1.33. The van der Waals surface area contributed by atoms with E-state index >= 15 is 0 Å². The minimum absolute atomic E-state index is 0.0444. The summed E-state index contributed by atoms with van der Waals surface area (Å²) in [4.78, 5) is 33.2. The lowest BCUT2D eigenvalue weighted by Gasteiger charge is -2.07. The van der Waals surface area contributed by atoms with E-state index in [0.717, 1.165) is 0 Å². The van der Waals surface area contributed by atoms with Crippen LogP contribution in [0.25, 0.3) is 0 Å². The van der Waals surface area contributed by atoms with E-state index in [-0.39, 0.29) is 28.5 Å². The molecule has 0 bridgehead atoms. The molecular weight excluding hydrogens is 288 g/mol. The Morgan fingerprint density at radius 1 is 1.14 bits per heavy atom. The number of nitrogens with zero attached hydrogens (tertiary/aromatic N) is 1. The van der Waals surface area contributed by atoms with Crippen molar-refractivity contribution in [3.8, 4) is 5.75 Å². The molecule has 0 atom stereocenters. The maximum Gasteiger partial charge on any atom is 0.269 e. The van der Waals surface area contributed by atoms with E-state index in [1.165, 1.54) is 49.4 Å². The van der Waals surface area contributed by atoms with Gasteiger partial charge in [-0.05, 0) is 24.3 Å². The molecule has 0 radical (unpaired) electrons. The van der Waals surface area contributed by atoms with Crippen LogP contribution in [-0.2, 0) is 4.79 Å². The number of phenolic OH excluding ortho intramolecular Hbond substituents is 1. The topological polar surface area (TPSA) is 110 Å². The van der Waals surface area contributed by atoms with Crippen LogP contribution in [-0.4, -0.2) is 21.7 Å². The number of nitro benzene ring substituents is 1. The van der Waals surface area contributed by atoms with Gasteiger partial charge in [-0.1, -0.05) is 0 Å². The van der Waals surface area contributed by atoms with Gasteiger partial charge in [0.2, 0.25) is 5.91 Å². The Hall–Kier alpha value is -3.22. The predicted molar refractivity (Wildman–Crippen MR) is 78.9 cm³/mol. The number of non-ortho nitro benzene ring substituents is 1. The summed E-state index contributed by atoms with van der Waals surface area (Å²) in [5.74, 6) is -1.05. The van der Waals surface area contributed by atoms with Gasteiger partial charge >= 0.3 is 0 Å². The number of nitro groups is 1. The highest BCUT2D eigenvalue weighted by Gasteiger charge is 2.15. The molecule has 22 heavy (non-hydrogen) atoms. The second kappa shape index (κ2) is 6.04. The second-order valence-electron chi connectivity index (χ2n) is 4.55. The summed E-state index contributed by atoms with van der Waals surface area (Å²) < 4.78 is 0. The van der Waals surface area contributed by atoms with Gasteiger partial charge in [0.1, 0.15) is 5.75 Å². The molecule has 0 saturated carbocycles. The summed E-state index contributed by atoms with van der Waals surface area (Å²) in [5.41, 5.74) is 0.503. The molecule has 2 aromatic carbocycles. The Labute approximate surface area is 125 Å². The molecule has 0 aliphatic heterocycles. The molecule has 0 aromatic heterocycles. The first-order chi connectivity index (χ1) is 10.4. The predicted octanol–water partition coefficient (Wildman–Crippen LogP) is 2.49. The molecule has 112 valence electrons. The van der Waals surface area contributed by atoms with Crippen LogP contribution in [0.5, 0.6) is 5.75 Å². The number of benzene rings is 2. The fraction of sp³-hybridized carbons (Fsp3) is 0.0667. The van der Waals surface area contributed by atoms with Crippen LogP contribution in [0, 0.1) is 10.1 Å². The Balaban J connectivity index is 2.29. The number of ketones is 1. The first-order valence-electron chi connectivity index (χ1n) is 6.28. The molecule has 2 rings (SSSR count). The highest BCUT2D eigenvalue weighted by molar-refractivity contribution is 6.11. The van der Waals surface area contributed by atoms with Gasteiger partial charge in [0.15, 0.2) is 5.78 Å². The van der Waals surface area contributed by atoms with Crippen molar-refractivity contribution >= 4 is 23.1 Å². The van der Waals surface area contributed by atoms with Crippen molar-refractivity contribution in [2.45, 2.75) is 6.92 Å². The molecule has 0 aliphatic rings. The zero-order chi connectivity index (χ0) is 16.3. The number of aromatic hydroxyl groups is 1. The molecular formula is C15H12N2O5. The molecule has 2 N–H and O–H groups in total. The third kappa shape index (κ3) is 3.26. The lowest BCUT2D eigenvalue weighted by atomic mass is 10.0. The first-order valence-corrected chi connectivity index (χ1v) is 6.28. The number of amides is 1. The van der Waals surface area contributed by atoms with Crippen LogP contribution in [0.4, 0.5) is 11.4 Å². The first kappa shape index (κ1) is 15.2. The molecule has 0 unspecified atom stereocenters. The van der Waals surface area contributed by atoms with Gasteiger partial charge in [0.25, 0.3) is 5.69 Å². The van der Waals surface area contributed by atoms with Crippen molar-refractivity contribution < 1.29 is 19.6 Å². The minimum atomic E-state index is -0.562. The van der Waals surface area contributed by atoms with E-state index in [1.807, 2.05) is 0 Å². The molecule has 7 heteroatoms. The minimum Gasteiger partial charge on any atom is -0.507 e. The van der Waals surface area contributed by atoms with E-state index < -0.39 is 10.7 Å². The summed E-state index contributed by atoms with van der Waals surface area (Å²) in [5, 5.41) is 23.0. The van der Waals surface area contributed by atoms with E-state index in [9.17, 15) is 24.8 Å². The zero-order valence-corrected chi connectivity index (χ0v) is 11.6. The molecule has 7 nitrogen and oxygen atoms in total. The lowest BCUT2D eigenvalue weighted by Crippen LogP contribution is -2.07. The van der Waals surface area contributed by atoms with Crippen LogP contribution in [0.15, 0.2) is 42.5 Å². The number of carbonyl (C=O) groups excluding carboxylic acids is 2. The van der Waals surface area contributed by atoms with Crippen LogP contribution in [0.1, 0.15) is 22.8 Å². The van der Waals surface area contributed by atoms with Gasteiger partial charge in [-0.25, -0.2) is 0 Å². The molecule has 0 saturated heterocycles. The van der Waals surface area contributed by atoms with E-state index in [2.05, 4.69) is 5.32 Å². The SMILES string of the molecule is CC(=O)Nc1ccc(C(=O)c2ccc([N+](=O)[O-])cc2)c(O)c1. The summed E-state index contributed by atoms with van der Waals surface area (Å²) in [6.07, 6.45) is 0. The van der Waals surface area contributed by atoms with Crippen molar-refractivity contribution in [1.29, 1.82) is 0 Å². The maximum atomic E-state index is 12.3. The van der Waals surface area contributed by atoms with Crippen LogP contribution in [0.2, 0.25) is 0 Å². The molecule has 2 aromatic rings. The smallest absolute Gasteiger partial charge is 0.269 e. The van der Waals surface area contributed by atoms with Crippen molar-refractivity contribution in [1.82, 2.24) is 0 Å². The Kier molecular flexibility index (Phi) is 4.17. The van der Waals surface area contributed by atoms with Crippen molar-refractivity contribution in [2.75, 3.05) is 5.32 Å². The highest BCUT2D eigenvalue weighted by Crippen LogP contribution is 2.25. The third-order valence-electron chi connectivity index (χ3n) is 2.90. The molecule has 0 aliphatic carbocycles. The number of nitrogens with one attached hydrogen (secondary N) is 1. The normalized spacial score (nSPS) is 10.0. The Bertz CT molecular complexity index is 753. The van der Waals surface area contributed by atoms with E-state index in [4.69, 9.17) is 0 Å². The molecule has 1 amide bonds. The molecule has 0 heterocycles. The molecule has 0 fully saturated rings. The third-order valence-corrected chi connectivity index (χ3v) is 2.90. The van der Waals surface area contributed by atoms with Gasteiger partial charge in [-0.3, -0.25) is 19.7 Å². The van der Waals surface area contributed by atoms with Crippen molar-refractivity contribution in [3.63, 3.8) is 0 Å². The van der Waals surface area contributed by atoms with Crippen LogP contribution < -0.4 is 5.32 Å². The largest absolute Gasteiger partial charge is 0.507 e. The van der Waals surface area contributed by atoms with Crippen molar-refractivity contribution in [3.05, 3.63) is 63.7 Å².